The standard InChI is InChI=1S/C9H16F3NS/c1-8(6-13,7-2-3-7)4-5-14-9(10,11)12/h7H,2-6,13H2,1H3. The van der Waals surface area contributed by atoms with Crippen LogP contribution in [-0.4, -0.2) is 17.8 Å². The van der Waals surface area contributed by atoms with Crippen LogP contribution >= 0.6 is 11.8 Å². The molecule has 1 rings (SSSR count). The lowest BCUT2D eigenvalue weighted by molar-refractivity contribution is -0.0329. The Bertz CT molecular complexity index is 191. The van der Waals surface area contributed by atoms with E-state index in [0.29, 0.717) is 18.9 Å². The summed E-state index contributed by atoms with van der Waals surface area (Å²) in [6, 6.07) is 0. The maximum absolute atomic E-state index is 11.9. The average Bonchev–Trinajstić information content (AvgIpc) is 2.83. The molecule has 1 unspecified atom stereocenters. The molecular weight excluding hydrogens is 211 g/mol. The summed E-state index contributed by atoms with van der Waals surface area (Å²) in [4.78, 5) is 0. The van der Waals surface area contributed by atoms with Crippen LogP contribution in [0.2, 0.25) is 0 Å². The van der Waals surface area contributed by atoms with E-state index < -0.39 is 5.51 Å². The van der Waals surface area contributed by atoms with Crippen LogP contribution in [0, 0.1) is 11.3 Å². The Morgan fingerprint density at radius 1 is 1.36 bits per heavy atom. The van der Waals surface area contributed by atoms with Crippen LogP contribution in [0.4, 0.5) is 13.2 Å². The quantitative estimate of drug-likeness (QED) is 0.781. The molecule has 1 nitrogen and oxygen atoms in total. The Kier molecular flexibility index (Phi) is 3.75. The van der Waals surface area contributed by atoms with E-state index in [4.69, 9.17) is 5.73 Å². The molecule has 0 aromatic heterocycles. The van der Waals surface area contributed by atoms with Gasteiger partial charge in [-0.05, 0) is 37.1 Å². The van der Waals surface area contributed by atoms with Gasteiger partial charge in [-0.1, -0.05) is 18.7 Å². The third-order valence-electron chi connectivity index (χ3n) is 2.97. The lowest BCUT2D eigenvalue weighted by Crippen LogP contribution is -2.30. The predicted molar refractivity (Wildman–Crippen MR) is 53.0 cm³/mol. The van der Waals surface area contributed by atoms with E-state index in [1.807, 2.05) is 6.92 Å². The molecule has 0 amide bonds. The summed E-state index contributed by atoms with van der Waals surface area (Å²) >= 11 is 0.0654. The zero-order valence-corrected chi connectivity index (χ0v) is 9.05. The molecule has 1 aliphatic rings. The van der Waals surface area contributed by atoms with Gasteiger partial charge in [-0.3, -0.25) is 0 Å². The van der Waals surface area contributed by atoms with E-state index in [0.717, 1.165) is 12.8 Å². The Morgan fingerprint density at radius 2 is 1.93 bits per heavy atom. The molecule has 0 spiro atoms. The van der Waals surface area contributed by atoms with E-state index in [-0.39, 0.29) is 22.9 Å². The van der Waals surface area contributed by atoms with Gasteiger partial charge in [0.1, 0.15) is 0 Å². The summed E-state index contributed by atoms with van der Waals surface area (Å²) in [5, 5.41) is 0. The molecule has 0 aromatic carbocycles. The van der Waals surface area contributed by atoms with Crippen LogP contribution in [0.3, 0.4) is 0 Å². The summed E-state index contributed by atoms with van der Waals surface area (Å²) in [6.07, 6.45) is 2.83. The second-order valence-corrected chi connectivity index (χ2v) is 5.34. The van der Waals surface area contributed by atoms with Gasteiger partial charge in [0.25, 0.3) is 0 Å². The third-order valence-corrected chi connectivity index (χ3v) is 3.70. The first-order valence-corrected chi connectivity index (χ1v) is 5.77. The highest BCUT2D eigenvalue weighted by Gasteiger charge is 2.40. The fraction of sp³-hybridized carbons (Fsp3) is 1.00. The third kappa shape index (κ3) is 3.69. The van der Waals surface area contributed by atoms with Crippen molar-refractivity contribution in [1.82, 2.24) is 0 Å². The van der Waals surface area contributed by atoms with Gasteiger partial charge in [0.05, 0.1) is 0 Å². The van der Waals surface area contributed by atoms with Gasteiger partial charge in [-0.15, -0.1) is 0 Å². The van der Waals surface area contributed by atoms with Crippen molar-refractivity contribution in [1.29, 1.82) is 0 Å². The minimum Gasteiger partial charge on any atom is -0.330 e. The molecule has 0 bridgehead atoms. The van der Waals surface area contributed by atoms with Crippen LogP contribution < -0.4 is 5.73 Å². The fourth-order valence-corrected chi connectivity index (χ4v) is 2.45. The predicted octanol–water partition coefficient (Wildman–Crippen LogP) is 3.00. The Balaban J connectivity index is 2.27. The zero-order valence-electron chi connectivity index (χ0n) is 8.23. The molecule has 84 valence electrons. The maximum atomic E-state index is 11.9. The molecule has 0 heterocycles. The van der Waals surface area contributed by atoms with Crippen LogP contribution in [-0.2, 0) is 0 Å². The van der Waals surface area contributed by atoms with E-state index in [1.54, 1.807) is 0 Å². The molecule has 2 N–H and O–H groups in total. The smallest absolute Gasteiger partial charge is 0.330 e. The molecule has 1 aliphatic carbocycles. The van der Waals surface area contributed by atoms with Crippen molar-refractivity contribution in [2.45, 2.75) is 31.7 Å². The maximum Gasteiger partial charge on any atom is 0.441 e. The highest BCUT2D eigenvalue weighted by Crippen LogP contribution is 2.48. The second-order valence-electron chi connectivity index (χ2n) is 4.18. The van der Waals surface area contributed by atoms with E-state index in [2.05, 4.69) is 0 Å². The van der Waals surface area contributed by atoms with Gasteiger partial charge in [0.15, 0.2) is 0 Å². The van der Waals surface area contributed by atoms with Crippen LogP contribution in [0.15, 0.2) is 0 Å². The highest BCUT2D eigenvalue weighted by atomic mass is 32.2. The summed E-state index contributed by atoms with van der Waals surface area (Å²) < 4.78 is 35.6. The molecule has 0 radical (unpaired) electrons. The van der Waals surface area contributed by atoms with Gasteiger partial charge < -0.3 is 5.73 Å². The number of alkyl halides is 3. The van der Waals surface area contributed by atoms with Crippen molar-refractivity contribution in [3.63, 3.8) is 0 Å². The summed E-state index contributed by atoms with van der Waals surface area (Å²) in [5.74, 6) is 0.689. The summed E-state index contributed by atoms with van der Waals surface area (Å²) in [7, 11) is 0. The summed E-state index contributed by atoms with van der Waals surface area (Å²) in [5.41, 5.74) is 1.44. The average molecular weight is 227 g/mol. The Hall–Kier alpha value is 0.100. The van der Waals surface area contributed by atoms with Gasteiger partial charge in [0, 0.05) is 5.75 Å². The highest BCUT2D eigenvalue weighted by molar-refractivity contribution is 8.00. The van der Waals surface area contributed by atoms with E-state index >= 15 is 0 Å². The first kappa shape index (κ1) is 12.2. The lowest BCUT2D eigenvalue weighted by Gasteiger charge is -2.27. The van der Waals surface area contributed by atoms with Gasteiger partial charge in [-0.2, -0.15) is 13.2 Å². The minimum absolute atomic E-state index is 0.0654. The number of hydrogen-bond donors (Lipinski definition) is 1. The minimum atomic E-state index is -4.10. The monoisotopic (exact) mass is 227 g/mol. The number of halogens is 3. The topological polar surface area (TPSA) is 26.0 Å². The zero-order chi connectivity index (χ0) is 10.8. The van der Waals surface area contributed by atoms with Crippen molar-refractivity contribution in [2.75, 3.05) is 12.3 Å². The molecule has 0 saturated heterocycles. The van der Waals surface area contributed by atoms with Crippen molar-refractivity contribution in [3.8, 4) is 0 Å². The van der Waals surface area contributed by atoms with Crippen LogP contribution in [0.1, 0.15) is 26.2 Å². The largest absolute Gasteiger partial charge is 0.441 e. The van der Waals surface area contributed by atoms with E-state index in [9.17, 15) is 13.2 Å². The number of nitrogens with two attached hydrogens (primary N) is 1. The van der Waals surface area contributed by atoms with Crippen LogP contribution in [0.25, 0.3) is 0 Å². The van der Waals surface area contributed by atoms with Crippen molar-refractivity contribution >= 4 is 11.8 Å². The van der Waals surface area contributed by atoms with Crippen LogP contribution in [0.5, 0.6) is 0 Å². The van der Waals surface area contributed by atoms with Crippen molar-refractivity contribution in [3.05, 3.63) is 0 Å². The number of hydrogen-bond acceptors (Lipinski definition) is 2. The normalized spacial score (nSPS) is 22.1. The molecule has 1 fully saturated rings. The molecular formula is C9H16F3NS. The van der Waals surface area contributed by atoms with E-state index in [1.165, 1.54) is 0 Å². The molecule has 1 saturated carbocycles. The van der Waals surface area contributed by atoms with Crippen molar-refractivity contribution < 1.29 is 13.2 Å². The first-order chi connectivity index (χ1) is 6.37. The molecule has 5 heteroatoms. The number of rotatable bonds is 5. The Morgan fingerprint density at radius 3 is 2.29 bits per heavy atom. The van der Waals surface area contributed by atoms with Gasteiger partial charge in [-0.25, -0.2) is 0 Å². The molecule has 0 aromatic rings. The van der Waals surface area contributed by atoms with Gasteiger partial charge in [0.2, 0.25) is 0 Å². The van der Waals surface area contributed by atoms with Gasteiger partial charge >= 0.3 is 5.51 Å². The molecule has 14 heavy (non-hydrogen) atoms. The number of thioether (sulfide) groups is 1. The Labute approximate surface area is 86.6 Å². The second kappa shape index (κ2) is 4.31. The molecule has 1 atom stereocenters. The SMILES string of the molecule is CC(CN)(CCSC(F)(F)F)C1CC1. The summed E-state index contributed by atoms with van der Waals surface area (Å²) in [6.45, 7) is 2.50. The van der Waals surface area contributed by atoms with Crippen molar-refractivity contribution in [2.24, 2.45) is 17.1 Å². The molecule has 0 aliphatic heterocycles. The first-order valence-electron chi connectivity index (χ1n) is 4.78. The fourth-order valence-electron chi connectivity index (χ4n) is 1.65. The lowest BCUT2D eigenvalue weighted by atomic mass is 9.82.